The minimum atomic E-state index is -0.845. The molecule has 2 nitrogen and oxygen atoms in total. The highest BCUT2D eigenvalue weighted by molar-refractivity contribution is 5.85. The number of carboxylic acid groups (broad SMARTS) is 1. The van der Waals surface area contributed by atoms with E-state index < -0.39 is 5.97 Å². The number of aliphatic carboxylic acids is 1. The molecule has 130 valence electrons. The first kappa shape index (κ1) is 21.9. The topological polar surface area (TPSA) is 37.3 Å². The van der Waals surface area contributed by atoms with Crippen LogP contribution in [0.4, 0.5) is 0 Å². The van der Waals surface area contributed by atoms with Crippen LogP contribution in [0.25, 0.3) is 18.2 Å². The fraction of sp³-hybridized carbons (Fsp3) is 0.0870. The van der Waals surface area contributed by atoms with Gasteiger partial charge in [0, 0.05) is 5.57 Å². The molecule has 0 spiro atoms. The van der Waals surface area contributed by atoms with E-state index in [-0.39, 0.29) is 0 Å². The summed E-state index contributed by atoms with van der Waals surface area (Å²) >= 11 is 0. The molecule has 0 heterocycles. The van der Waals surface area contributed by atoms with Crippen LogP contribution in [0.5, 0.6) is 0 Å². The molecule has 2 heteroatoms. The fourth-order valence-corrected chi connectivity index (χ4v) is 1.60. The number of carboxylic acids is 1. The zero-order chi connectivity index (χ0) is 19.1. The van der Waals surface area contributed by atoms with E-state index >= 15 is 0 Å². The van der Waals surface area contributed by atoms with Gasteiger partial charge in [-0.3, -0.25) is 0 Å². The lowest BCUT2D eigenvalue weighted by Crippen LogP contribution is -1.93. The van der Waals surface area contributed by atoms with Gasteiger partial charge in [-0.05, 0) is 30.5 Å². The van der Waals surface area contributed by atoms with E-state index in [4.69, 9.17) is 5.11 Å². The first-order chi connectivity index (χ1) is 12.0. The van der Waals surface area contributed by atoms with Crippen molar-refractivity contribution in [3.63, 3.8) is 0 Å². The van der Waals surface area contributed by atoms with Crippen LogP contribution in [-0.4, -0.2) is 11.1 Å². The molecule has 0 radical (unpaired) electrons. The molecular formula is C23H26O2. The van der Waals surface area contributed by atoms with Gasteiger partial charge in [0.25, 0.3) is 0 Å². The molecule has 0 fully saturated rings. The molecule has 0 unspecified atom stereocenters. The maximum Gasteiger partial charge on any atom is 0.330 e. The van der Waals surface area contributed by atoms with Gasteiger partial charge in [-0.15, -0.1) is 0 Å². The summed E-state index contributed by atoms with van der Waals surface area (Å²) < 4.78 is 0. The third-order valence-corrected chi connectivity index (χ3v) is 3.24. The van der Waals surface area contributed by atoms with E-state index in [0.29, 0.717) is 5.57 Å². The van der Waals surface area contributed by atoms with E-state index in [0.717, 1.165) is 11.1 Å². The number of carbonyl (C=O) groups is 1. The van der Waals surface area contributed by atoms with Crippen molar-refractivity contribution in [1.29, 1.82) is 0 Å². The minimum Gasteiger partial charge on any atom is -0.478 e. The summed E-state index contributed by atoms with van der Waals surface area (Å²) in [4.78, 5) is 9.86. The van der Waals surface area contributed by atoms with Gasteiger partial charge in [0.15, 0.2) is 0 Å². The minimum absolute atomic E-state index is 0.389. The molecule has 0 saturated heterocycles. The maximum absolute atomic E-state index is 9.86. The number of hydrogen-bond acceptors (Lipinski definition) is 1. The molecule has 2 aromatic carbocycles. The monoisotopic (exact) mass is 334 g/mol. The van der Waals surface area contributed by atoms with Crippen LogP contribution in [-0.2, 0) is 4.79 Å². The summed E-state index contributed by atoms with van der Waals surface area (Å²) in [5, 5.41) is 8.11. The molecule has 0 atom stereocenters. The lowest BCUT2D eigenvalue weighted by atomic mass is 10.1. The molecule has 0 aliphatic rings. The summed E-state index contributed by atoms with van der Waals surface area (Å²) in [6, 6.07) is 18.0. The van der Waals surface area contributed by atoms with Gasteiger partial charge < -0.3 is 5.11 Å². The average molecular weight is 334 g/mol. The molecule has 0 bridgehead atoms. The zero-order valence-corrected chi connectivity index (χ0v) is 15.0. The van der Waals surface area contributed by atoms with E-state index in [1.54, 1.807) is 19.9 Å². The average Bonchev–Trinajstić information content (AvgIpc) is 2.68. The van der Waals surface area contributed by atoms with Crippen molar-refractivity contribution in [2.75, 3.05) is 0 Å². The molecule has 2 rings (SSSR count). The van der Waals surface area contributed by atoms with Gasteiger partial charge in [-0.2, -0.15) is 0 Å². The normalized spacial score (nSPS) is 9.44. The molecule has 0 saturated carbocycles. The number of rotatable bonds is 4. The van der Waals surface area contributed by atoms with Gasteiger partial charge >= 0.3 is 5.97 Å². The van der Waals surface area contributed by atoms with Gasteiger partial charge in [0.05, 0.1) is 0 Å². The van der Waals surface area contributed by atoms with Crippen molar-refractivity contribution in [3.05, 3.63) is 103 Å². The standard InChI is InChI=1S/C10H10.C8H8.C5H8O2/c1-3-9-7-5-6-8-10(9)4-2;1-2-8-6-4-3-5-7-8;1-3-4(2)5(6)7/h3-8H,1-2H2;2-7H,1H2;3H,1-2H3,(H,6,7)/b;;4-3+. The molecule has 0 aliphatic carbocycles. The third kappa shape index (κ3) is 9.57. The molecular weight excluding hydrogens is 308 g/mol. The van der Waals surface area contributed by atoms with E-state index in [2.05, 4.69) is 19.7 Å². The fourth-order valence-electron chi connectivity index (χ4n) is 1.60. The summed E-state index contributed by atoms with van der Waals surface area (Å²) in [5.41, 5.74) is 3.84. The SMILES string of the molecule is C/C=C(\C)C(=O)O.C=Cc1ccccc1.C=Cc1ccccc1C=C. The summed E-state index contributed by atoms with van der Waals surface area (Å²) in [6.45, 7) is 14.3. The van der Waals surface area contributed by atoms with Crippen LogP contribution < -0.4 is 0 Å². The largest absolute Gasteiger partial charge is 0.478 e. The lowest BCUT2D eigenvalue weighted by Gasteiger charge is -1.96. The number of hydrogen-bond donors (Lipinski definition) is 1. The second kappa shape index (κ2) is 13.3. The number of benzene rings is 2. The highest BCUT2D eigenvalue weighted by Gasteiger charge is 1.93. The number of allylic oxidation sites excluding steroid dienone is 1. The predicted molar refractivity (Wildman–Crippen MR) is 110 cm³/mol. The second-order valence-corrected chi connectivity index (χ2v) is 4.93. The molecule has 1 N–H and O–H groups in total. The summed E-state index contributed by atoms with van der Waals surface area (Å²) in [7, 11) is 0. The van der Waals surface area contributed by atoms with Crippen LogP contribution in [0.2, 0.25) is 0 Å². The van der Waals surface area contributed by atoms with Gasteiger partial charge in [-0.25, -0.2) is 4.79 Å². The van der Waals surface area contributed by atoms with E-state index in [1.807, 2.05) is 72.8 Å². The molecule has 0 amide bonds. The zero-order valence-electron chi connectivity index (χ0n) is 15.0. The molecule has 25 heavy (non-hydrogen) atoms. The highest BCUT2D eigenvalue weighted by atomic mass is 16.4. The Kier molecular flexibility index (Phi) is 11.7. The van der Waals surface area contributed by atoms with E-state index in [1.165, 1.54) is 5.56 Å². The Bertz CT molecular complexity index is 683. The van der Waals surface area contributed by atoms with Crippen molar-refractivity contribution in [2.45, 2.75) is 13.8 Å². The van der Waals surface area contributed by atoms with Crippen LogP contribution >= 0.6 is 0 Å². The smallest absolute Gasteiger partial charge is 0.330 e. The van der Waals surface area contributed by atoms with Crippen molar-refractivity contribution >= 4 is 24.2 Å². The summed E-state index contributed by atoms with van der Waals surface area (Å²) in [6.07, 6.45) is 7.05. The predicted octanol–water partition coefficient (Wildman–Crippen LogP) is 6.34. The van der Waals surface area contributed by atoms with Crippen molar-refractivity contribution in [1.82, 2.24) is 0 Å². The Morgan fingerprint density at radius 2 is 1.28 bits per heavy atom. The van der Waals surface area contributed by atoms with Crippen LogP contribution in [0, 0.1) is 0 Å². The second-order valence-electron chi connectivity index (χ2n) is 4.93. The summed E-state index contributed by atoms with van der Waals surface area (Å²) in [5.74, 6) is -0.845. The Morgan fingerprint density at radius 1 is 0.840 bits per heavy atom. The van der Waals surface area contributed by atoms with E-state index in [9.17, 15) is 4.79 Å². The van der Waals surface area contributed by atoms with Crippen molar-refractivity contribution in [2.24, 2.45) is 0 Å². The van der Waals surface area contributed by atoms with Gasteiger partial charge in [0.1, 0.15) is 0 Å². The van der Waals surface area contributed by atoms with Gasteiger partial charge in [-0.1, -0.05) is 98.6 Å². The maximum atomic E-state index is 9.86. The molecule has 0 aliphatic heterocycles. The quantitative estimate of drug-likeness (QED) is 0.662. The Morgan fingerprint density at radius 3 is 1.52 bits per heavy atom. The van der Waals surface area contributed by atoms with Crippen LogP contribution in [0.1, 0.15) is 30.5 Å². The Hall–Kier alpha value is -3.13. The van der Waals surface area contributed by atoms with Crippen molar-refractivity contribution < 1.29 is 9.90 Å². The first-order valence-electron chi connectivity index (χ1n) is 7.87. The third-order valence-electron chi connectivity index (χ3n) is 3.24. The van der Waals surface area contributed by atoms with Crippen LogP contribution in [0.3, 0.4) is 0 Å². The van der Waals surface area contributed by atoms with Crippen molar-refractivity contribution in [3.8, 4) is 0 Å². The Balaban J connectivity index is 0.000000353. The molecule has 0 aromatic heterocycles. The first-order valence-corrected chi connectivity index (χ1v) is 7.87. The van der Waals surface area contributed by atoms with Crippen LogP contribution in [0.15, 0.2) is 86.0 Å². The molecule has 2 aromatic rings. The lowest BCUT2D eigenvalue weighted by molar-refractivity contribution is -0.132. The Labute approximate surface area is 151 Å². The van der Waals surface area contributed by atoms with Gasteiger partial charge in [0.2, 0.25) is 0 Å². The highest BCUT2D eigenvalue weighted by Crippen LogP contribution is 2.10.